The van der Waals surface area contributed by atoms with Gasteiger partial charge in [-0.2, -0.15) is 0 Å². The van der Waals surface area contributed by atoms with Gasteiger partial charge in [-0.1, -0.05) is 42.5 Å². The van der Waals surface area contributed by atoms with E-state index in [2.05, 4.69) is 5.32 Å². The number of benzene rings is 3. The lowest BCUT2D eigenvalue weighted by Crippen LogP contribution is -2.28. The van der Waals surface area contributed by atoms with Gasteiger partial charge in [-0.25, -0.2) is 4.98 Å². The van der Waals surface area contributed by atoms with Gasteiger partial charge in [-0.3, -0.25) is 4.79 Å². The monoisotopic (exact) mass is 474 g/mol. The maximum absolute atomic E-state index is 12.2. The number of methoxy groups -OCH3 is 2. The Balaban J connectivity index is 1.34. The molecule has 1 amide bonds. The van der Waals surface area contributed by atoms with Crippen LogP contribution in [0.2, 0.25) is 0 Å². The molecule has 3 aromatic carbocycles. The minimum atomic E-state index is -0.160. The normalized spacial score (nSPS) is 10.6. The largest absolute Gasteiger partial charge is 0.493 e. The van der Waals surface area contributed by atoms with Crippen LogP contribution in [0, 0.1) is 6.92 Å². The van der Waals surface area contributed by atoms with Crippen LogP contribution >= 0.6 is 11.3 Å². The van der Waals surface area contributed by atoms with Crippen LogP contribution < -0.4 is 19.5 Å². The summed E-state index contributed by atoms with van der Waals surface area (Å²) in [4.78, 5) is 16.9. The zero-order valence-electron chi connectivity index (χ0n) is 19.3. The van der Waals surface area contributed by atoms with Crippen molar-refractivity contribution in [3.8, 4) is 39.1 Å². The number of carbonyl (C=O) groups is 1. The average molecular weight is 475 g/mol. The van der Waals surface area contributed by atoms with Gasteiger partial charge in [0.25, 0.3) is 5.91 Å². The highest BCUT2D eigenvalue weighted by Crippen LogP contribution is 2.34. The highest BCUT2D eigenvalue weighted by atomic mass is 32.1. The first kappa shape index (κ1) is 23.3. The Kier molecular flexibility index (Phi) is 7.44. The maximum atomic E-state index is 12.2. The number of para-hydroxylation sites is 1. The Morgan fingerprint density at radius 1 is 0.912 bits per heavy atom. The van der Waals surface area contributed by atoms with Crippen molar-refractivity contribution in [2.75, 3.05) is 20.8 Å². The summed E-state index contributed by atoms with van der Waals surface area (Å²) in [6, 6.07) is 21.4. The molecule has 174 valence electrons. The molecular weight excluding hydrogens is 448 g/mol. The van der Waals surface area contributed by atoms with E-state index in [-0.39, 0.29) is 12.5 Å². The Hall–Kier alpha value is -3.84. The molecule has 4 aromatic rings. The molecule has 0 aliphatic carbocycles. The SMILES string of the molecule is COc1ccc(-c2csc(-c3ccc(CNC(=O)COc4ccccc4C)cc3)n2)cc1OC. The van der Waals surface area contributed by atoms with E-state index in [1.165, 1.54) is 0 Å². The van der Waals surface area contributed by atoms with E-state index in [1.54, 1.807) is 25.6 Å². The molecule has 0 fully saturated rings. The van der Waals surface area contributed by atoms with E-state index in [9.17, 15) is 4.79 Å². The lowest BCUT2D eigenvalue weighted by atomic mass is 10.1. The summed E-state index contributed by atoms with van der Waals surface area (Å²) in [6.45, 7) is 2.38. The summed E-state index contributed by atoms with van der Waals surface area (Å²) < 4.78 is 16.3. The number of nitrogens with zero attached hydrogens (tertiary/aromatic N) is 1. The van der Waals surface area contributed by atoms with E-state index in [4.69, 9.17) is 19.2 Å². The third-order valence-corrected chi connectivity index (χ3v) is 6.22. The number of amides is 1. The third kappa shape index (κ3) is 5.55. The van der Waals surface area contributed by atoms with Gasteiger partial charge in [0, 0.05) is 23.1 Å². The van der Waals surface area contributed by atoms with Crippen LogP contribution in [0.1, 0.15) is 11.1 Å². The number of hydrogen-bond acceptors (Lipinski definition) is 6. The number of ether oxygens (including phenoxy) is 3. The Morgan fingerprint density at radius 3 is 2.38 bits per heavy atom. The predicted molar refractivity (Wildman–Crippen MR) is 135 cm³/mol. The molecule has 0 atom stereocenters. The van der Waals surface area contributed by atoms with Gasteiger partial charge in [-0.05, 0) is 42.3 Å². The minimum Gasteiger partial charge on any atom is -0.493 e. The Bertz CT molecular complexity index is 1270. The van der Waals surface area contributed by atoms with Gasteiger partial charge >= 0.3 is 0 Å². The lowest BCUT2D eigenvalue weighted by Gasteiger charge is -2.09. The molecule has 4 rings (SSSR count). The van der Waals surface area contributed by atoms with Gasteiger partial charge in [0.1, 0.15) is 10.8 Å². The molecule has 6 nitrogen and oxygen atoms in total. The number of hydrogen-bond donors (Lipinski definition) is 1. The number of aryl methyl sites for hydroxylation is 1. The third-order valence-electron chi connectivity index (χ3n) is 5.33. The summed E-state index contributed by atoms with van der Waals surface area (Å²) in [7, 11) is 3.24. The van der Waals surface area contributed by atoms with E-state index in [0.717, 1.165) is 38.7 Å². The van der Waals surface area contributed by atoms with Crippen molar-refractivity contribution in [1.29, 1.82) is 0 Å². The zero-order valence-corrected chi connectivity index (χ0v) is 20.1. The molecule has 1 N–H and O–H groups in total. The smallest absolute Gasteiger partial charge is 0.258 e. The van der Waals surface area contributed by atoms with Gasteiger partial charge < -0.3 is 19.5 Å². The zero-order chi connectivity index (χ0) is 23.9. The van der Waals surface area contributed by atoms with Crippen LogP contribution in [-0.4, -0.2) is 31.7 Å². The van der Waals surface area contributed by atoms with Crippen molar-refractivity contribution in [2.45, 2.75) is 13.5 Å². The molecule has 1 aromatic heterocycles. The first-order chi connectivity index (χ1) is 16.6. The molecule has 0 bridgehead atoms. The fourth-order valence-corrected chi connectivity index (χ4v) is 4.25. The van der Waals surface area contributed by atoms with Crippen LogP contribution in [-0.2, 0) is 11.3 Å². The summed E-state index contributed by atoms with van der Waals surface area (Å²) in [6.07, 6.45) is 0. The second kappa shape index (κ2) is 10.9. The number of thiazole rings is 1. The molecule has 0 radical (unpaired) electrons. The quantitative estimate of drug-likeness (QED) is 0.347. The molecule has 0 aliphatic heterocycles. The Morgan fingerprint density at radius 2 is 1.65 bits per heavy atom. The van der Waals surface area contributed by atoms with Crippen LogP contribution in [0.4, 0.5) is 0 Å². The second-order valence-corrected chi connectivity index (χ2v) is 8.49. The molecular formula is C27H26N2O4S. The molecule has 1 heterocycles. The molecule has 7 heteroatoms. The molecule has 0 saturated carbocycles. The maximum Gasteiger partial charge on any atom is 0.258 e. The van der Waals surface area contributed by atoms with Gasteiger partial charge in [0.05, 0.1) is 19.9 Å². The number of aromatic nitrogens is 1. The number of rotatable bonds is 9. The standard InChI is InChI=1S/C27H26N2O4S/c1-18-6-4-5-7-23(18)33-16-26(30)28-15-19-8-10-20(11-9-19)27-29-22(17-34-27)21-12-13-24(31-2)25(14-21)32-3/h4-14,17H,15-16H2,1-3H3,(H,28,30). The first-order valence-corrected chi connectivity index (χ1v) is 11.7. The van der Waals surface area contributed by atoms with E-state index < -0.39 is 0 Å². The van der Waals surface area contributed by atoms with Crippen LogP contribution in [0.15, 0.2) is 72.1 Å². The van der Waals surface area contributed by atoms with Crippen molar-refractivity contribution in [3.05, 3.63) is 83.2 Å². The predicted octanol–water partition coefficient (Wildman–Crippen LogP) is 5.50. The van der Waals surface area contributed by atoms with E-state index in [0.29, 0.717) is 18.0 Å². The highest BCUT2D eigenvalue weighted by Gasteiger charge is 2.11. The van der Waals surface area contributed by atoms with Crippen molar-refractivity contribution in [1.82, 2.24) is 10.3 Å². The van der Waals surface area contributed by atoms with Gasteiger partial charge in [-0.15, -0.1) is 11.3 Å². The molecule has 0 saturated heterocycles. The van der Waals surface area contributed by atoms with E-state index >= 15 is 0 Å². The van der Waals surface area contributed by atoms with Gasteiger partial charge in [0.2, 0.25) is 0 Å². The van der Waals surface area contributed by atoms with Crippen molar-refractivity contribution in [2.24, 2.45) is 0 Å². The molecule has 0 unspecified atom stereocenters. The summed E-state index contributed by atoms with van der Waals surface area (Å²) in [5.41, 5.74) is 4.88. The second-order valence-electron chi connectivity index (χ2n) is 7.64. The average Bonchev–Trinajstić information content (AvgIpc) is 3.37. The fraction of sp³-hybridized carbons (Fsp3) is 0.185. The van der Waals surface area contributed by atoms with Gasteiger partial charge in [0.15, 0.2) is 18.1 Å². The summed E-state index contributed by atoms with van der Waals surface area (Å²) >= 11 is 1.58. The van der Waals surface area contributed by atoms with Crippen molar-refractivity contribution in [3.63, 3.8) is 0 Å². The topological polar surface area (TPSA) is 69.7 Å². The minimum absolute atomic E-state index is 0.0129. The van der Waals surface area contributed by atoms with Crippen molar-refractivity contribution < 1.29 is 19.0 Å². The number of nitrogens with one attached hydrogen (secondary N) is 1. The summed E-state index contributed by atoms with van der Waals surface area (Å²) in [5, 5.41) is 5.84. The number of carbonyl (C=O) groups excluding carboxylic acids is 1. The molecule has 0 spiro atoms. The Labute approximate surface area is 203 Å². The van der Waals surface area contributed by atoms with Crippen LogP contribution in [0.5, 0.6) is 17.2 Å². The van der Waals surface area contributed by atoms with Crippen LogP contribution in [0.3, 0.4) is 0 Å². The summed E-state index contributed by atoms with van der Waals surface area (Å²) in [5.74, 6) is 1.92. The molecule has 34 heavy (non-hydrogen) atoms. The first-order valence-electron chi connectivity index (χ1n) is 10.8. The van der Waals surface area contributed by atoms with Crippen LogP contribution in [0.25, 0.3) is 21.8 Å². The highest BCUT2D eigenvalue weighted by molar-refractivity contribution is 7.13. The lowest BCUT2D eigenvalue weighted by molar-refractivity contribution is -0.123. The van der Waals surface area contributed by atoms with Crippen molar-refractivity contribution >= 4 is 17.2 Å². The van der Waals surface area contributed by atoms with E-state index in [1.807, 2.05) is 79.0 Å². The molecule has 0 aliphatic rings. The fourth-order valence-electron chi connectivity index (χ4n) is 3.41.